The Balaban J connectivity index is 2.23. The van der Waals surface area contributed by atoms with Crippen LogP contribution in [-0.4, -0.2) is 20.1 Å². The lowest BCUT2D eigenvalue weighted by atomic mass is 10.2. The number of fused-ring (bicyclic) bond motifs is 1. The standard InChI is InChI=1S/C12H8IN3O/c13-7-1-2-11(17)8(5-7)12-15-9-3-4-14-6-10(9)16-12/h1-6,17H,(H,15,16). The van der Waals surface area contributed by atoms with Gasteiger partial charge in [-0.15, -0.1) is 0 Å². The monoisotopic (exact) mass is 337 g/mol. The first-order valence-corrected chi connectivity index (χ1v) is 6.10. The zero-order valence-corrected chi connectivity index (χ0v) is 10.8. The maximum atomic E-state index is 9.83. The molecule has 2 N–H and O–H groups in total. The lowest BCUT2D eigenvalue weighted by Gasteiger charge is -2.01. The molecule has 5 heteroatoms. The number of nitrogens with one attached hydrogen (secondary N) is 1. The molecule has 0 bridgehead atoms. The van der Waals surface area contributed by atoms with Gasteiger partial charge in [-0.1, -0.05) is 0 Å². The largest absolute Gasteiger partial charge is 0.507 e. The van der Waals surface area contributed by atoms with Crippen LogP contribution >= 0.6 is 22.6 Å². The zero-order chi connectivity index (χ0) is 11.8. The Morgan fingerprint density at radius 3 is 2.94 bits per heavy atom. The summed E-state index contributed by atoms with van der Waals surface area (Å²) in [6.45, 7) is 0. The summed E-state index contributed by atoms with van der Waals surface area (Å²) in [7, 11) is 0. The number of H-pyrrole nitrogens is 1. The van der Waals surface area contributed by atoms with Gasteiger partial charge in [0.1, 0.15) is 11.6 Å². The number of aromatic nitrogens is 3. The minimum Gasteiger partial charge on any atom is -0.507 e. The fourth-order valence-electron chi connectivity index (χ4n) is 1.68. The third kappa shape index (κ3) is 1.86. The molecular formula is C12H8IN3O. The molecule has 0 unspecified atom stereocenters. The van der Waals surface area contributed by atoms with Crippen molar-refractivity contribution in [2.45, 2.75) is 0 Å². The van der Waals surface area contributed by atoms with Crippen LogP contribution in [0.3, 0.4) is 0 Å². The van der Waals surface area contributed by atoms with Gasteiger partial charge in [-0.05, 0) is 46.9 Å². The number of phenols is 1. The molecule has 4 nitrogen and oxygen atoms in total. The van der Waals surface area contributed by atoms with Gasteiger partial charge >= 0.3 is 0 Å². The van der Waals surface area contributed by atoms with E-state index in [0.29, 0.717) is 11.4 Å². The van der Waals surface area contributed by atoms with Crippen LogP contribution in [0.25, 0.3) is 22.4 Å². The Morgan fingerprint density at radius 1 is 1.24 bits per heavy atom. The number of nitrogens with zero attached hydrogens (tertiary/aromatic N) is 2. The minimum absolute atomic E-state index is 0.220. The summed E-state index contributed by atoms with van der Waals surface area (Å²) in [4.78, 5) is 11.6. The number of hydrogen-bond donors (Lipinski definition) is 2. The third-order valence-electron chi connectivity index (χ3n) is 2.50. The predicted molar refractivity (Wildman–Crippen MR) is 73.7 cm³/mol. The molecule has 0 amide bonds. The highest BCUT2D eigenvalue weighted by Crippen LogP contribution is 2.29. The molecule has 2 aromatic heterocycles. The summed E-state index contributed by atoms with van der Waals surface area (Å²) in [5.74, 6) is 0.876. The van der Waals surface area contributed by atoms with Crippen LogP contribution < -0.4 is 0 Å². The molecule has 84 valence electrons. The van der Waals surface area contributed by atoms with Crippen LogP contribution in [0.5, 0.6) is 5.75 Å². The van der Waals surface area contributed by atoms with Crippen molar-refractivity contribution in [1.82, 2.24) is 15.0 Å². The van der Waals surface area contributed by atoms with Gasteiger partial charge in [-0.3, -0.25) is 4.98 Å². The Kier molecular flexibility index (Phi) is 2.47. The van der Waals surface area contributed by atoms with Gasteiger partial charge < -0.3 is 10.1 Å². The summed E-state index contributed by atoms with van der Waals surface area (Å²) in [6, 6.07) is 7.24. The van der Waals surface area contributed by atoms with E-state index in [0.717, 1.165) is 14.6 Å². The van der Waals surface area contributed by atoms with E-state index in [1.807, 2.05) is 18.2 Å². The van der Waals surface area contributed by atoms with Gasteiger partial charge in [-0.2, -0.15) is 0 Å². The maximum absolute atomic E-state index is 9.83. The summed E-state index contributed by atoms with van der Waals surface area (Å²) < 4.78 is 1.05. The Labute approximate surface area is 111 Å². The van der Waals surface area contributed by atoms with Gasteiger partial charge in [0.2, 0.25) is 0 Å². The molecule has 0 aliphatic rings. The molecule has 0 atom stereocenters. The van der Waals surface area contributed by atoms with Gasteiger partial charge in [0.25, 0.3) is 0 Å². The number of aromatic amines is 1. The van der Waals surface area contributed by atoms with Crippen molar-refractivity contribution < 1.29 is 5.11 Å². The van der Waals surface area contributed by atoms with Crippen LogP contribution in [0, 0.1) is 3.57 Å². The van der Waals surface area contributed by atoms with E-state index in [-0.39, 0.29) is 5.75 Å². The second kappa shape index (κ2) is 3.99. The second-order valence-electron chi connectivity index (χ2n) is 3.64. The number of phenolic OH excluding ortho intramolecular Hbond substituents is 1. The minimum atomic E-state index is 0.220. The summed E-state index contributed by atoms with van der Waals surface area (Å²) in [5.41, 5.74) is 2.40. The molecule has 3 aromatic rings. The molecule has 0 radical (unpaired) electrons. The summed E-state index contributed by atoms with van der Waals surface area (Å²) in [6.07, 6.45) is 3.42. The van der Waals surface area contributed by atoms with E-state index in [4.69, 9.17) is 0 Å². The normalized spacial score (nSPS) is 10.9. The molecule has 0 aliphatic carbocycles. The van der Waals surface area contributed by atoms with Crippen LogP contribution in [0.2, 0.25) is 0 Å². The first kappa shape index (κ1) is 10.5. The van der Waals surface area contributed by atoms with Gasteiger partial charge in [0.15, 0.2) is 0 Å². The number of pyridine rings is 1. The first-order valence-electron chi connectivity index (χ1n) is 5.02. The van der Waals surface area contributed by atoms with Crippen LogP contribution in [0.15, 0.2) is 36.7 Å². The second-order valence-corrected chi connectivity index (χ2v) is 4.89. The van der Waals surface area contributed by atoms with Gasteiger partial charge in [-0.25, -0.2) is 4.98 Å². The van der Waals surface area contributed by atoms with E-state index in [1.54, 1.807) is 18.5 Å². The van der Waals surface area contributed by atoms with Crippen molar-refractivity contribution in [3.05, 3.63) is 40.2 Å². The molecule has 0 spiro atoms. The van der Waals surface area contributed by atoms with Gasteiger partial charge in [0.05, 0.1) is 22.8 Å². The lowest BCUT2D eigenvalue weighted by Crippen LogP contribution is -1.82. The number of hydrogen-bond acceptors (Lipinski definition) is 3. The molecule has 2 heterocycles. The fraction of sp³-hybridized carbons (Fsp3) is 0. The molecule has 3 rings (SSSR count). The molecule has 0 saturated heterocycles. The maximum Gasteiger partial charge on any atom is 0.142 e. The van der Waals surface area contributed by atoms with Crippen LogP contribution in [0.1, 0.15) is 0 Å². The summed E-state index contributed by atoms with van der Waals surface area (Å²) in [5, 5.41) is 9.83. The molecule has 1 aromatic carbocycles. The van der Waals surface area contributed by atoms with E-state index in [9.17, 15) is 5.11 Å². The average molecular weight is 337 g/mol. The Hall–Kier alpha value is -1.63. The van der Waals surface area contributed by atoms with E-state index >= 15 is 0 Å². The van der Waals surface area contributed by atoms with Crippen molar-refractivity contribution in [3.8, 4) is 17.1 Å². The average Bonchev–Trinajstić information content (AvgIpc) is 2.75. The highest BCUT2D eigenvalue weighted by molar-refractivity contribution is 14.1. The van der Waals surface area contributed by atoms with Crippen LogP contribution in [-0.2, 0) is 0 Å². The third-order valence-corrected chi connectivity index (χ3v) is 3.17. The number of aromatic hydroxyl groups is 1. The topological polar surface area (TPSA) is 61.8 Å². The van der Waals surface area contributed by atoms with E-state index < -0.39 is 0 Å². The SMILES string of the molecule is Oc1ccc(I)cc1-c1nc2ccncc2[nH]1. The van der Waals surface area contributed by atoms with Crippen molar-refractivity contribution in [2.24, 2.45) is 0 Å². The molecule has 17 heavy (non-hydrogen) atoms. The van der Waals surface area contributed by atoms with Gasteiger partial charge in [0, 0.05) is 9.77 Å². The Morgan fingerprint density at radius 2 is 2.12 bits per heavy atom. The molecular weight excluding hydrogens is 329 g/mol. The molecule has 0 fully saturated rings. The number of benzene rings is 1. The number of rotatable bonds is 1. The van der Waals surface area contributed by atoms with Crippen molar-refractivity contribution >= 4 is 33.6 Å². The Bertz CT molecular complexity index is 660. The molecule has 0 aliphatic heterocycles. The van der Waals surface area contributed by atoms with E-state index in [1.165, 1.54) is 0 Å². The lowest BCUT2D eigenvalue weighted by molar-refractivity contribution is 0.477. The van der Waals surface area contributed by atoms with E-state index in [2.05, 4.69) is 37.5 Å². The molecule has 0 saturated carbocycles. The van der Waals surface area contributed by atoms with Crippen LogP contribution in [0.4, 0.5) is 0 Å². The highest BCUT2D eigenvalue weighted by Gasteiger charge is 2.09. The fourth-order valence-corrected chi connectivity index (χ4v) is 2.17. The quantitative estimate of drug-likeness (QED) is 0.671. The zero-order valence-electron chi connectivity index (χ0n) is 8.68. The van der Waals surface area contributed by atoms with Crippen molar-refractivity contribution in [3.63, 3.8) is 0 Å². The van der Waals surface area contributed by atoms with Crippen molar-refractivity contribution in [1.29, 1.82) is 0 Å². The van der Waals surface area contributed by atoms with Crippen molar-refractivity contribution in [2.75, 3.05) is 0 Å². The number of imidazole rings is 1. The first-order chi connectivity index (χ1) is 8.24. The number of halogens is 1. The summed E-state index contributed by atoms with van der Waals surface area (Å²) >= 11 is 2.20. The smallest absolute Gasteiger partial charge is 0.142 e. The predicted octanol–water partition coefficient (Wildman–Crippen LogP) is 2.94. The highest BCUT2D eigenvalue weighted by atomic mass is 127.